The van der Waals surface area contributed by atoms with Crippen LogP contribution in [0, 0.1) is 0 Å². The van der Waals surface area contributed by atoms with E-state index < -0.39 is 0 Å². The fraction of sp³-hybridized carbons (Fsp3) is 0.438. The molecule has 2 N–H and O–H groups in total. The van der Waals surface area contributed by atoms with Crippen molar-refractivity contribution in [3.05, 3.63) is 54.1 Å². The molecule has 1 heterocycles. The summed E-state index contributed by atoms with van der Waals surface area (Å²) < 4.78 is 2.21. The lowest BCUT2D eigenvalue weighted by molar-refractivity contribution is 0.527. The number of aromatic nitrogens is 2. The molecule has 19 heavy (non-hydrogen) atoms. The van der Waals surface area contributed by atoms with Crippen LogP contribution in [0.1, 0.15) is 37.6 Å². The van der Waals surface area contributed by atoms with Gasteiger partial charge in [-0.2, -0.15) is 0 Å². The van der Waals surface area contributed by atoms with Crippen LogP contribution in [-0.2, 0) is 13.0 Å². The molecule has 0 spiro atoms. The van der Waals surface area contributed by atoms with Crippen molar-refractivity contribution >= 4 is 0 Å². The van der Waals surface area contributed by atoms with E-state index in [0.717, 1.165) is 25.2 Å². The Bertz CT molecular complexity index is 490. The smallest absolute Gasteiger partial charge is 0.110 e. The monoisotopic (exact) mass is 257 g/mol. The van der Waals surface area contributed by atoms with Crippen molar-refractivity contribution < 1.29 is 0 Å². The van der Waals surface area contributed by atoms with Crippen molar-refractivity contribution in [1.82, 2.24) is 9.55 Å². The van der Waals surface area contributed by atoms with E-state index in [-0.39, 0.29) is 6.04 Å². The molecule has 102 valence electrons. The Labute approximate surface area is 115 Å². The van der Waals surface area contributed by atoms with Gasteiger partial charge >= 0.3 is 0 Å². The fourth-order valence-electron chi connectivity index (χ4n) is 2.37. The SMILES string of the molecule is CCCn1ccnc1CC(N)C(C)c1ccccc1. The Kier molecular flexibility index (Phi) is 4.74. The highest BCUT2D eigenvalue weighted by molar-refractivity contribution is 5.20. The number of rotatable bonds is 6. The first-order valence-corrected chi connectivity index (χ1v) is 7.03. The molecular weight excluding hydrogens is 234 g/mol. The maximum Gasteiger partial charge on any atom is 0.110 e. The zero-order chi connectivity index (χ0) is 13.7. The van der Waals surface area contributed by atoms with Gasteiger partial charge in [-0.05, 0) is 17.9 Å². The lowest BCUT2D eigenvalue weighted by Gasteiger charge is -2.20. The first kappa shape index (κ1) is 13.8. The number of nitrogens with zero attached hydrogens (tertiary/aromatic N) is 2. The van der Waals surface area contributed by atoms with Crippen LogP contribution in [0.25, 0.3) is 0 Å². The van der Waals surface area contributed by atoms with Crippen LogP contribution in [0.5, 0.6) is 0 Å². The molecule has 0 saturated heterocycles. The van der Waals surface area contributed by atoms with Crippen LogP contribution in [0.2, 0.25) is 0 Å². The molecule has 3 nitrogen and oxygen atoms in total. The van der Waals surface area contributed by atoms with Gasteiger partial charge in [0, 0.05) is 31.4 Å². The van der Waals surface area contributed by atoms with E-state index >= 15 is 0 Å². The van der Waals surface area contributed by atoms with Crippen LogP contribution in [0.3, 0.4) is 0 Å². The van der Waals surface area contributed by atoms with Crippen molar-refractivity contribution in [1.29, 1.82) is 0 Å². The summed E-state index contributed by atoms with van der Waals surface area (Å²) in [6.07, 6.45) is 5.85. The quantitative estimate of drug-likeness (QED) is 0.864. The summed E-state index contributed by atoms with van der Waals surface area (Å²) in [6.45, 7) is 5.38. The Morgan fingerprint density at radius 1 is 1.26 bits per heavy atom. The van der Waals surface area contributed by atoms with Gasteiger partial charge in [0.2, 0.25) is 0 Å². The zero-order valence-electron chi connectivity index (χ0n) is 11.8. The molecule has 1 aromatic heterocycles. The maximum atomic E-state index is 6.35. The van der Waals surface area contributed by atoms with E-state index in [9.17, 15) is 0 Å². The van der Waals surface area contributed by atoms with Crippen molar-refractivity contribution in [2.75, 3.05) is 0 Å². The molecule has 0 saturated carbocycles. The van der Waals surface area contributed by atoms with Crippen LogP contribution in [-0.4, -0.2) is 15.6 Å². The standard InChI is InChI=1S/C16H23N3/c1-3-10-19-11-9-18-16(19)12-15(17)13(2)14-7-5-4-6-8-14/h4-9,11,13,15H,3,10,12,17H2,1-2H3. The predicted molar refractivity (Wildman–Crippen MR) is 79.1 cm³/mol. The first-order chi connectivity index (χ1) is 9.22. The molecule has 0 aliphatic rings. The van der Waals surface area contributed by atoms with Crippen LogP contribution in [0.4, 0.5) is 0 Å². The lowest BCUT2D eigenvalue weighted by atomic mass is 9.92. The molecule has 0 aliphatic carbocycles. The van der Waals surface area contributed by atoms with Crippen LogP contribution in [0.15, 0.2) is 42.7 Å². The molecule has 2 aromatic rings. The van der Waals surface area contributed by atoms with Gasteiger partial charge in [-0.25, -0.2) is 4.98 Å². The maximum absolute atomic E-state index is 6.35. The third-order valence-electron chi connectivity index (χ3n) is 3.65. The number of hydrogen-bond acceptors (Lipinski definition) is 2. The summed E-state index contributed by atoms with van der Waals surface area (Å²) in [5, 5.41) is 0. The molecule has 0 aliphatic heterocycles. The molecule has 0 fully saturated rings. The van der Waals surface area contributed by atoms with Gasteiger partial charge in [0.1, 0.15) is 5.82 Å². The molecule has 2 unspecified atom stereocenters. The molecule has 2 atom stereocenters. The molecule has 3 heteroatoms. The van der Waals surface area contributed by atoms with E-state index in [0.29, 0.717) is 5.92 Å². The van der Waals surface area contributed by atoms with Gasteiger partial charge in [0.25, 0.3) is 0 Å². The summed E-state index contributed by atoms with van der Waals surface area (Å²) in [5.41, 5.74) is 7.65. The topological polar surface area (TPSA) is 43.8 Å². The van der Waals surface area contributed by atoms with Gasteiger partial charge in [0.05, 0.1) is 0 Å². The van der Waals surface area contributed by atoms with Crippen LogP contribution >= 0.6 is 0 Å². The second-order valence-corrected chi connectivity index (χ2v) is 5.10. The summed E-state index contributed by atoms with van der Waals surface area (Å²) in [7, 11) is 0. The largest absolute Gasteiger partial charge is 0.335 e. The van der Waals surface area contributed by atoms with E-state index in [2.05, 4.69) is 47.7 Å². The van der Waals surface area contributed by atoms with Gasteiger partial charge in [-0.3, -0.25) is 0 Å². The van der Waals surface area contributed by atoms with Crippen molar-refractivity contribution in [3.63, 3.8) is 0 Å². The second kappa shape index (κ2) is 6.53. The Balaban J connectivity index is 2.04. The number of hydrogen-bond donors (Lipinski definition) is 1. The van der Waals surface area contributed by atoms with Crippen molar-refractivity contribution in [3.8, 4) is 0 Å². The van der Waals surface area contributed by atoms with Gasteiger partial charge in [-0.15, -0.1) is 0 Å². The van der Waals surface area contributed by atoms with Gasteiger partial charge in [0.15, 0.2) is 0 Å². The summed E-state index contributed by atoms with van der Waals surface area (Å²) in [5.74, 6) is 1.44. The van der Waals surface area contributed by atoms with E-state index in [1.807, 2.05) is 18.5 Å². The zero-order valence-corrected chi connectivity index (χ0v) is 11.8. The minimum Gasteiger partial charge on any atom is -0.335 e. The highest BCUT2D eigenvalue weighted by atomic mass is 15.1. The third kappa shape index (κ3) is 3.44. The van der Waals surface area contributed by atoms with E-state index in [1.165, 1.54) is 5.56 Å². The molecular formula is C16H23N3. The van der Waals surface area contributed by atoms with Crippen molar-refractivity contribution in [2.24, 2.45) is 5.73 Å². The third-order valence-corrected chi connectivity index (χ3v) is 3.65. The minimum absolute atomic E-state index is 0.0976. The summed E-state index contributed by atoms with van der Waals surface area (Å²) in [4.78, 5) is 4.43. The highest BCUT2D eigenvalue weighted by Crippen LogP contribution is 2.19. The Hall–Kier alpha value is -1.61. The second-order valence-electron chi connectivity index (χ2n) is 5.10. The molecule has 0 bridgehead atoms. The van der Waals surface area contributed by atoms with Crippen molar-refractivity contribution in [2.45, 2.75) is 45.2 Å². The number of imidazole rings is 1. The average Bonchev–Trinajstić information content (AvgIpc) is 2.86. The molecule has 0 amide bonds. The number of aryl methyl sites for hydroxylation is 1. The number of benzene rings is 1. The number of nitrogens with two attached hydrogens (primary N) is 1. The average molecular weight is 257 g/mol. The minimum atomic E-state index is 0.0976. The summed E-state index contributed by atoms with van der Waals surface area (Å²) >= 11 is 0. The van der Waals surface area contributed by atoms with E-state index in [4.69, 9.17) is 5.73 Å². The normalized spacial score (nSPS) is 14.3. The first-order valence-electron chi connectivity index (χ1n) is 7.03. The molecule has 1 aromatic carbocycles. The van der Waals surface area contributed by atoms with E-state index in [1.54, 1.807) is 0 Å². The van der Waals surface area contributed by atoms with Gasteiger partial charge in [-0.1, -0.05) is 44.2 Å². The lowest BCUT2D eigenvalue weighted by Crippen LogP contribution is -2.30. The Morgan fingerprint density at radius 2 is 2.00 bits per heavy atom. The summed E-state index contributed by atoms with van der Waals surface area (Å²) in [6, 6.07) is 10.6. The molecule has 2 rings (SSSR count). The van der Waals surface area contributed by atoms with Crippen LogP contribution < -0.4 is 5.73 Å². The fourth-order valence-corrected chi connectivity index (χ4v) is 2.37. The predicted octanol–water partition coefficient (Wildman–Crippen LogP) is 2.97. The highest BCUT2D eigenvalue weighted by Gasteiger charge is 2.17. The molecule has 0 radical (unpaired) electrons. The van der Waals surface area contributed by atoms with Gasteiger partial charge < -0.3 is 10.3 Å². The Morgan fingerprint density at radius 3 is 2.68 bits per heavy atom.